The fourth-order valence-corrected chi connectivity index (χ4v) is 1.43. The van der Waals surface area contributed by atoms with E-state index in [1.165, 1.54) is 0 Å². The molecule has 2 aromatic rings. The summed E-state index contributed by atoms with van der Waals surface area (Å²) < 4.78 is 5.12. The Kier molecular flexibility index (Phi) is 2.91. The molecule has 2 rings (SSSR count). The highest BCUT2D eigenvalue weighted by Gasteiger charge is 2.11. The van der Waals surface area contributed by atoms with Crippen LogP contribution in [-0.4, -0.2) is 18.0 Å². The van der Waals surface area contributed by atoms with Gasteiger partial charge in [-0.15, -0.1) is 0 Å². The van der Waals surface area contributed by atoms with E-state index in [0.29, 0.717) is 11.3 Å². The zero-order valence-corrected chi connectivity index (χ0v) is 8.86. The van der Waals surface area contributed by atoms with Gasteiger partial charge in [-0.3, -0.25) is 4.79 Å². The molecule has 0 saturated carbocycles. The average Bonchev–Trinajstić information content (AvgIpc) is 2.81. The molecular weight excluding hydrogens is 204 g/mol. The van der Waals surface area contributed by atoms with Gasteiger partial charge < -0.3 is 15.0 Å². The van der Waals surface area contributed by atoms with Gasteiger partial charge in [-0.2, -0.15) is 0 Å². The third-order valence-electron chi connectivity index (χ3n) is 2.21. The number of carbonyl (C=O) groups is 1. The van der Waals surface area contributed by atoms with E-state index in [2.05, 4.69) is 10.3 Å². The summed E-state index contributed by atoms with van der Waals surface area (Å²) in [5.74, 6) is 0.382. The van der Waals surface area contributed by atoms with Crippen LogP contribution >= 0.6 is 0 Å². The van der Waals surface area contributed by atoms with Gasteiger partial charge in [0.25, 0.3) is 5.91 Å². The number of carbonyl (C=O) groups excluding carboxylic acids is 1. The maximum absolute atomic E-state index is 11.9. The molecule has 0 unspecified atom stereocenters. The number of amides is 1. The lowest BCUT2D eigenvalue weighted by atomic mass is 10.2. The molecule has 4 nitrogen and oxygen atoms in total. The third kappa shape index (κ3) is 2.06. The molecule has 0 aliphatic carbocycles. The van der Waals surface area contributed by atoms with E-state index >= 15 is 0 Å². The molecule has 0 spiro atoms. The van der Waals surface area contributed by atoms with E-state index in [-0.39, 0.29) is 5.91 Å². The SMILES string of the molecule is COc1ccccc1C(=O)Nc1cc[nH]c1. The Morgan fingerprint density at radius 1 is 1.31 bits per heavy atom. The largest absolute Gasteiger partial charge is 0.496 e. The van der Waals surface area contributed by atoms with Crippen molar-refractivity contribution >= 4 is 11.6 Å². The molecule has 0 fully saturated rings. The number of anilines is 1. The monoisotopic (exact) mass is 216 g/mol. The number of H-pyrrole nitrogens is 1. The first-order valence-corrected chi connectivity index (χ1v) is 4.88. The van der Waals surface area contributed by atoms with E-state index in [4.69, 9.17) is 4.74 Å². The summed E-state index contributed by atoms with van der Waals surface area (Å²) in [7, 11) is 1.54. The standard InChI is InChI=1S/C12H12N2O2/c1-16-11-5-3-2-4-10(11)12(15)14-9-6-7-13-8-9/h2-8,13H,1H3,(H,14,15). The van der Waals surface area contributed by atoms with Crippen LogP contribution < -0.4 is 10.1 Å². The molecule has 2 N–H and O–H groups in total. The number of aromatic nitrogens is 1. The summed E-state index contributed by atoms with van der Waals surface area (Å²) in [4.78, 5) is 14.8. The number of rotatable bonds is 3. The van der Waals surface area contributed by atoms with Crippen LogP contribution in [0.25, 0.3) is 0 Å². The predicted octanol–water partition coefficient (Wildman–Crippen LogP) is 2.28. The second kappa shape index (κ2) is 4.53. The lowest BCUT2D eigenvalue weighted by Gasteiger charge is -2.07. The van der Waals surface area contributed by atoms with Crippen molar-refractivity contribution in [1.29, 1.82) is 0 Å². The highest BCUT2D eigenvalue weighted by atomic mass is 16.5. The van der Waals surface area contributed by atoms with Crippen molar-refractivity contribution in [2.45, 2.75) is 0 Å². The summed E-state index contributed by atoms with van der Waals surface area (Å²) in [5, 5.41) is 2.76. The summed E-state index contributed by atoms with van der Waals surface area (Å²) >= 11 is 0. The third-order valence-corrected chi connectivity index (χ3v) is 2.21. The van der Waals surface area contributed by atoms with Crippen LogP contribution in [-0.2, 0) is 0 Å². The number of methoxy groups -OCH3 is 1. The zero-order chi connectivity index (χ0) is 11.4. The minimum Gasteiger partial charge on any atom is -0.496 e. The van der Waals surface area contributed by atoms with Crippen molar-refractivity contribution in [2.24, 2.45) is 0 Å². The fraction of sp³-hybridized carbons (Fsp3) is 0.0833. The maximum atomic E-state index is 11.9. The number of hydrogen-bond acceptors (Lipinski definition) is 2. The second-order valence-electron chi connectivity index (χ2n) is 3.25. The van der Waals surface area contributed by atoms with Crippen LogP contribution in [0, 0.1) is 0 Å². The van der Waals surface area contributed by atoms with E-state index < -0.39 is 0 Å². The molecule has 4 heteroatoms. The molecule has 82 valence electrons. The highest BCUT2D eigenvalue weighted by molar-refractivity contribution is 6.06. The van der Waals surface area contributed by atoms with Crippen molar-refractivity contribution < 1.29 is 9.53 Å². The summed E-state index contributed by atoms with van der Waals surface area (Å²) in [6.07, 6.45) is 3.46. The number of aromatic amines is 1. The highest BCUT2D eigenvalue weighted by Crippen LogP contribution is 2.18. The Morgan fingerprint density at radius 2 is 2.12 bits per heavy atom. The van der Waals surface area contributed by atoms with Crippen molar-refractivity contribution in [3.63, 3.8) is 0 Å². The Balaban J connectivity index is 2.21. The van der Waals surface area contributed by atoms with E-state index in [1.807, 2.05) is 6.07 Å². The molecule has 1 amide bonds. The molecular formula is C12H12N2O2. The van der Waals surface area contributed by atoms with E-state index in [1.54, 1.807) is 43.8 Å². The number of para-hydroxylation sites is 1. The zero-order valence-electron chi connectivity index (χ0n) is 8.86. The molecule has 1 heterocycles. The maximum Gasteiger partial charge on any atom is 0.259 e. The summed E-state index contributed by atoms with van der Waals surface area (Å²) in [6.45, 7) is 0. The molecule has 0 aliphatic heterocycles. The van der Waals surface area contributed by atoms with Crippen LogP contribution in [0.2, 0.25) is 0 Å². The first-order valence-electron chi connectivity index (χ1n) is 4.88. The van der Waals surface area contributed by atoms with Crippen LogP contribution in [0.1, 0.15) is 10.4 Å². The minimum atomic E-state index is -0.183. The minimum absolute atomic E-state index is 0.183. The number of ether oxygens (including phenoxy) is 1. The van der Waals surface area contributed by atoms with Gasteiger partial charge in [0.2, 0.25) is 0 Å². The molecule has 0 saturated heterocycles. The van der Waals surface area contributed by atoms with Gasteiger partial charge in [0.15, 0.2) is 0 Å². The van der Waals surface area contributed by atoms with Gasteiger partial charge >= 0.3 is 0 Å². The Bertz CT molecular complexity index is 478. The molecule has 0 aliphatic rings. The average molecular weight is 216 g/mol. The molecule has 1 aromatic heterocycles. The topological polar surface area (TPSA) is 54.1 Å². The van der Waals surface area contributed by atoms with Gasteiger partial charge in [-0.1, -0.05) is 12.1 Å². The first-order chi connectivity index (χ1) is 7.81. The van der Waals surface area contributed by atoms with Crippen LogP contribution in [0.3, 0.4) is 0 Å². The van der Waals surface area contributed by atoms with Gasteiger partial charge in [-0.05, 0) is 18.2 Å². The van der Waals surface area contributed by atoms with E-state index in [0.717, 1.165) is 5.69 Å². The molecule has 0 atom stereocenters. The normalized spacial score (nSPS) is 9.81. The molecule has 0 bridgehead atoms. The Labute approximate surface area is 93.3 Å². The lowest BCUT2D eigenvalue weighted by Crippen LogP contribution is -2.12. The Hall–Kier alpha value is -2.23. The number of benzene rings is 1. The Morgan fingerprint density at radius 3 is 2.81 bits per heavy atom. The van der Waals surface area contributed by atoms with Gasteiger partial charge in [0, 0.05) is 12.4 Å². The van der Waals surface area contributed by atoms with Crippen LogP contribution in [0.15, 0.2) is 42.7 Å². The van der Waals surface area contributed by atoms with Crippen molar-refractivity contribution in [2.75, 3.05) is 12.4 Å². The number of hydrogen-bond donors (Lipinski definition) is 2. The molecule has 0 radical (unpaired) electrons. The van der Waals surface area contributed by atoms with Gasteiger partial charge in [-0.25, -0.2) is 0 Å². The second-order valence-corrected chi connectivity index (χ2v) is 3.25. The predicted molar refractivity (Wildman–Crippen MR) is 61.7 cm³/mol. The van der Waals surface area contributed by atoms with Crippen molar-refractivity contribution in [3.05, 3.63) is 48.3 Å². The summed E-state index contributed by atoms with van der Waals surface area (Å²) in [6, 6.07) is 8.89. The first kappa shape index (κ1) is 10.3. The van der Waals surface area contributed by atoms with Crippen LogP contribution in [0.4, 0.5) is 5.69 Å². The lowest BCUT2D eigenvalue weighted by molar-refractivity contribution is 0.102. The van der Waals surface area contributed by atoms with Gasteiger partial charge in [0.1, 0.15) is 5.75 Å². The fourth-order valence-electron chi connectivity index (χ4n) is 1.43. The molecule has 1 aromatic carbocycles. The van der Waals surface area contributed by atoms with Crippen molar-refractivity contribution in [1.82, 2.24) is 4.98 Å². The summed E-state index contributed by atoms with van der Waals surface area (Å²) in [5.41, 5.74) is 1.25. The smallest absolute Gasteiger partial charge is 0.259 e. The quantitative estimate of drug-likeness (QED) is 0.826. The molecule has 16 heavy (non-hydrogen) atoms. The van der Waals surface area contributed by atoms with Gasteiger partial charge in [0.05, 0.1) is 18.4 Å². The van der Waals surface area contributed by atoms with E-state index in [9.17, 15) is 4.79 Å². The van der Waals surface area contributed by atoms with Crippen LogP contribution in [0.5, 0.6) is 5.75 Å². The van der Waals surface area contributed by atoms with Crippen molar-refractivity contribution in [3.8, 4) is 5.75 Å². The number of nitrogens with one attached hydrogen (secondary N) is 2.